The van der Waals surface area contributed by atoms with E-state index in [0.717, 1.165) is 49.1 Å². The number of carbonyl (C=O) groups is 1. The third-order valence-corrected chi connectivity index (χ3v) is 4.15. The first-order valence-electron chi connectivity index (χ1n) is 7.41. The van der Waals surface area contributed by atoms with E-state index < -0.39 is 5.60 Å². The molecule has 1 saturated carbocycles. The minimum atomic E-state index is -0.786. The van der Waals surface area contributed by atoms with E-state index in [2.05, 4.69) is 10.5 Å². The van der Waals surface area contributed by atoms with Crippen molar-refractivity contribution in [3.63, 3.8) is 0 Å². The van der Waals surface area contributed by atoms with Crippen molar-refractivity contribution in [2.45, 2.75) is 64.4 Å². The number of rotatable bonds is 5. The average molecular weight is 280 g/mol. The zero-order valence-electron chi connectivity index (χ0n) is 12.4. The lowest BCUT2D eigenvalue weighted by atomic mass is 9.82. The Kier molecular flexibility index (Phi) is 4.81. The van der Waals surface area contributed by atoms with Crippen LogP contribution >= 0.6 is 0 Å². The van der Waals surface area contributed by atoms with E-state index >= 15 is 0 Å². The zero-order chi connectivity index (χ0) is 14.6. The molecule has 1 aliphatic carbocycles. The minimum absolute atomic E-state index is 0.0684. The summed E-state index contributed by atoms with van der Waals surface area (Å²) in [7, 11) is 0. The monoisotopic (exact) mass is 280 g/mol. The Balaban J connectivity index is 1.75. The second-order valence-corrected chi connectivity index (χ2v) is 5.86. The second-order valence-electron chi connectivity index (χ2n) is 5.86. The van der Waals surface area contributed by atoms with Crippen LogP contribution in [-0.2, 0) is 11.2 Å². The van der Waals surface area contributed by atoms with Gasteiger partial charge in [-0.15, -0.1) is 0 Å². The fourth-order valence-electron chi connectivity index (χ4n) is 2.93. The maximum absolute atomic E-state index is 11.9. The van der Waals surface area contributed by atoms with E-state index in [9.17, 15) is 9.90 Å². The van der Waals surface area contributed by atoms with Crippen LogP contribution in [0.15, 0.2) is 4.52 Å². The Hall–Kier alpha value is -1.36. The van der Waals surface area contributed by atoms with Crippen LogP contribution in [0.4, 0.5) is 0 Å². The van der Waals surface area contributed by atoms with Gasteiger partial charge in [-0.2, -0.15) is 0 Å². The molecule has 2 N–H and O–H groups in total. The van der Waals surface area contributed by atoms with Crippen LogP contribution in [0.25, 0.3) is 0 Å². The Morgan fingerprint density at radius 1 is 1.35 bits per heavy atom. The third kappa shape index (κ3) is 3.82. The highest BCUT2D eigenvalue weighted by Crippen LogP contribution is 2.30. The second kappa shape index (κ2) is 6.39. The first kappa shape index (κ1) is 15.0. The van der Waals surface area contributed by atoms with Gasteiger partial charge in [-0.1, -0.05) is 24.4 Å². The quantitative estimate of drug-likeness (QED) is 0.865. The number of hydrogen-bond acceptors (Lipinski definition) is 4. The molecule has 112 valence electrons. The van der Waals surface area contributed by atoms with Gasteiger partial charge in [0.15, 0.2) is 0 Å². The molecule has 1 heterocycles. The molecule has 1 aromatic heterocycles. The van der Waals surface area contributed by atoms with Crippen molar-refractivity contribution < 1.29 is 14.4 Å². The zero-order valence-corrected chi connectivity index (χ0v) is 12.4. The molecule has 0 radical (unpaired) electrons. The molecular formula is C15H24N2O3. The van der Waals surface area contributed by atoms with Crippen LogP contribution in [0.3, 0.4) is 0 Å². The summed E-state index contributed by atoms with van der Waals surface area (Å²) in [5.41, 5.74) is 1.15. The van der Waals surface area contributed by atoms with Crippen molar-refractivity contribution in [3.05, 3.63) is 17.0 Å². The van der Waals surface area contributed by atoms with Gasteiger partial charge < -0.3 is 14.9 Å². The number of aryl methyl sites for hydroxylation is 2. The molecule has 1 aromatic rings. The summed E-state index contributed by atoms with van der Waals surface area (Å²) in [5, 5.41) is 17.1. The van der Waals surface area contributed by atoms with Crippen LogP contribution < -0.4 is 5.32 Å². The van der Waals surface area contributed by atoms with Crippen molar-refractivity contribution in [3.8, 4) is 0 Å². The third-order valence-electron chi connectivity index (χ3n) is 4.15. The highest BCUT2D eigenvalue weighted by atomic mass is 16.5. The maximum Gasteiger partial charge on any atom is 0.222 e. The molecule has 0 unspecified atom stereocenters. The molecule has 0 spiro atoms. The van der Waals surface area contributed by atoms with E-state index in [1.54, 1.807) is 0 Å². The molecular weight excluding hydrogens is 256 g/mol. The Morgan fingerprint density at radius 3 is 2.65 bits per heavy atom. The van der Waals surface area contributed by atoms with Crippen molar-refractivity contribution in [2.75, 3.05) is 6.54 Å². The fraction of sp³-hybridized carbons (Fsp3) is 0.733. The molecule has 0 bridgehead atoms. The van der Waals surface area contributed by atoms with Crippen LogP contribution in [0, 0.1) is 13.8 Å². The summed E-state index contributed by atoms with van der Waals surface area (Å²) in [6.07, 6.45) is 5.61. The van der Waals surface area contributed by atoms with Crippen molar-refractivity contribution in [1.29, 1.82) is 0 Å². The minimum Gasteiger partial charge on any atom is -0.389 e. The molecule has 5 heteroatoms. The number of aliphatic hydroxyl groups is 1. The summed E-state index contributed by atoms with van der Waals surface area (Å²) in [5.74, 6) is 0.740. The van der Waals surface area contributed by atoms with Gasteiger partial charge in [-0.25, -0.2) is 0 Å². The molecule has 1 fully saturated rings. The van der Waals surface area contributed by atoms with Gasteiger partial charge in [-0.05, 0) is 33.1 Å². The van der Waals surface area contributed by atoms with E-state index in [1.165, 1.54) is 0 Å². The Morgan fingerprint density at radius 2 is 2.05 bits per heavy atom. The first-order valence-corrected chi connectivity index (χ1v) is 7.41. The highest BCUT2D eigenvalue weighted by Gasteiger charge is 2.31. The lowest BCUT2D eigenvalue weighted by Crippen LogP contribution is -2.38. The van der Waals surface area contributed by atoms with Gasteiger partial charge in [0.2, 0.25) is 5.91 Å². The molecule has 5 nitrogen and oxygen atoms in total. The molecule has 1 amide bonds. The summed E-state index contributed by atoms with van der Waals surface area (Å²) in [4.78, 5) is 11.9. The van der Waals surface area contributed by atoms with Crippen LogP contribution in [0.5, 0.6) is 0 Å². The fourth-order valence-corrected chi connectivity index (χ4v) is 2.93. The number of aromatic nitrogens is 1. The standard InChI is InChI=1S/C15H24N2O3/c1-11-13(12(2)20-17-11)6-9-16-14(18)10-15(19)7-4-3-5-8-15/h19H,3-10H2,1-2H3,(H,16,18). The van der Waals surface area contributed by atoms with Gasteiger partial charge in [0, 0.05) is 12.1 Å². The number of carbonyl (C=O) groups excluding carboxylic acids is 1. The summed E-state index contributed by atoms with van der Waals surface area (Å²) in [6, 6.07) is 0. The van der Waals surface area contributed by atoms with Crippen LogP contribution in [0.2, 0.25) is 0 Å². The van der Waals surface area contributed by atoms with Crippen LogP contribution in [-0.4, -0.2) is 28.3 Å². The lowest BCUT2D eigenvalue weighted by molar-refractivity contribution is -0.127. The largest absolute Gasteiger partial charge is 0.389 e. The first-order chi connectivity index (χ1) is 9.50. The predicted molar refractivity (Wildman–Crippen MR) is 75.3 cm³/mol. The molecule has 2 rings (SSSR count). The van der Waals surface area contributed by atoms with E-state index in [1.807, 2.05) is 13.8 Å². The van der Waals surface area contributed by atoms with Crippen molar-refractivity contribution >= 4 is 5.91 Å². The van der Waals surface area contributed by atoms with Gasteiger partial charge in [0.25, 0.3) is 0 Å². The lowest BCUT2D eigenvalue weighted by Gasteiger charge is -2.31. The summed E-state index contributed by atoms with van der Waals surface area (Å²) in [6.45, 7) is 4.33. The molecule has 1 aliphatic rings. The number of hydrogen-bond donors (Lipinski definition) is 2. The van der Waals surface area contributed by atoms with Gasteiger partial charge >= 0.3 is 0 Å². The Labute approximate surface area is 119 Å². The number of amides is 1. The Bertz CT molecular complexity index is 442. The van der Waals surface area contributed by atoms with Gasteiger partial charge in [-0.3, -0.25) is 4.79 Å². The van der Waals surface area contributed by atoms with Gasteiger partial charge in [0.1, 0.15) is 5.76 Å². The average Bonchev–Trinajstić information content (AvgIpc) is 2.70. The maximum atomic E-state index is 11.9. The van der Waals surface area contributed by atoms with Crippen molar-refractivity contribution in [1.82, 2.24) is 10.5 Å². The summed E-state index contributed by atoms with van der Waals surface area (Å²) >= 11 is 0. The molecule has 0 atom stereocenters. The number of nitrogens with zero attached hydrogens (tertiary/aromatic N) is 1. The van der Waals surface area contributed by atoms with Gasteiger partial charge in [0.05, 0.1) is 17.7 Å². The van der Waals surface area contributed by atoms with E-state index in [0.29, 0.717) is 13.0 Å². The molecule has 0 saturated heterocycles. The number of nitrogens with one attached hydrogen (secondary N) is 1. The highest BCUT2D eigenvalue weighted by molar-refractivity contribution is 5.77. The molecule has 0 aliphatic heterocycles. The van der Waals surface area contributed by atoms with Crippen LogP contribution in [0.1, 0.15) is 55.5 Å². The topological polar surface area (TPSA) is 75.4 Å². The smallest absolute Gasteiger partial charge is 0.222 e. The van der Waals surface area contributed by atoms with E-state index in [4.69, 9.17) is 4.52 Å². The molecule has 20 heavy (non-hydrogen) atoms. The SMILES string of the molecule is Cc1noc(C)c1CCNC(=O)CC1(O)CCCCC1. The normalized spacial score (nSPS) is 17.9. The van der Waals surface area contributed by atoms with Crippen molar-refractivity contribution in [2.24, 2.45) is 0 Å². The molecule has 0 aromatic carbocycles. The predicted octanol–water partition coefficient (Wildman–Crippen LogP) is 2.04. The summed E-state index contributed by atoms with van der Waals surface area (Å²) < 4.78 is 5.09. The van der Waals surface area contributed by atoms with E-state index in [-0.39, 0.29) is 12.3 Å².